The molecule has 0 saturated heterocycles. The molecule has 1 heterocycles. The minimum absolute atomic E-state index is 0.0288. The molecule has 1 aliphatic carbocycles. The number of pyridine rings is 1. The van der Waals surface area contributed by atoms with Crippen LogP contribution in [-0.4, -0.2) is 30.7 Å². The van der Waals surface area contributed by atoms with Crippen molar-refractivity contribution in [1.29, 1.82) is 0 Å². The van der Waals surface area contributed by atoms with Crippen LogP contribution >= 0.6 is 0 Å². The number of hydrogen-bond donors (Lipinski definition) is 3. The van der Waals surface area contributed by atoms with Crippen LogP contribution in [0.4, 0.5) is 0 Å². The Bertz CT molecular complexity index is 965. The van der Waals surface area contributed by atoms with Crippen molar-refractivity contribution >= 4 is 18.1 Å². The van der Waals surface area contributed by atoms with E-state index in [0.717, 1.165) is 11.3 Å². The highest BCUT2D eigenvalue weighted by Gasteiger charge is 2.26. The van der Waals surface area contributed by atoms with Crippen LogP contribution in [0.15, 0.2) is 65.4 Å². The Balaban J connectivity index is 2.14. The molecule has 1 amide bonds. The SMILES string of the molecule is CC1=C(/C=C/C(C)=C/C=C/c2cc[n+](CCO)c(/C=C/C(=O)NCCN)c2)C(C)(C)CCC1. The van der Waals surface area contributed by atoms with Crippen LogP contribution in [0, 0.1) is 5.41 Å². The first-order valence-electron chi connectivity index (χ1n) is 11.8. The number of carbonyl (C=O) groups excluding carboxylic acids is 1. The molecule has 0 unspecified atom stereocenters. The van der Waals surface area contributed by atoms with Gasteiger partial charge in [-0.25, -0.2) is 0 Å². The van der Waals surface area contributed by atoms with Crippen molar-refractivity contribution in [3.63, 3.8) is 0 Å². The maximum atomic E-state index is 11.9. The highest BCUT2D eigenvalue weighted by atomic mass is 16.3. The predicted octanol–water partition coefficient (Wildman–Crippen LogP) is 4.10. The minimum Gasteiger partial charge on any atom is -0.390 e. The van der Waals surface area contributed by atoms with E-state index in [2.05, 4.69) is 51.2 Å². The zero-order chi connectivity index (χ0) is 24.3. The maximum absolute atomic E-state index is 11.9. The summed E-state index contributed by atoms with van der Waals surface area (Å²) in [5, 5.41) is 12.1. The van der Waals surface area contributed by atoms with Crippen molar-refractivity contribution in [2.24, 2.45) is 11.1 Å². The number of hydrogen-bond acceptors (Lipinski definition) is 3. The highest BCUT2D eigenvalue weighted by Crippen LogP contribution is 2.40. The van der Waals surface area contributed by atoms with Gasteiger partial charge < -0.3 is 16.2 Å². The summed E-state index contributed by atoms with van der Waals surface area (Å²) in [5.74, 6) is -0.186. The van der Waals surface area contributed by atoms with E-state index < -0.39 is 0 Å². The Morgan fingerprint density at radius 2 is 2.06 bits per heavy atom. The van der Waals surface area contributed by atoms with Gasteiger partial charge in [0.15, 0.2) is 12.7 Å². The fourth-order valence-corrected chi connectivity index (χ4v) is 4.13. The number of nitrogens with one attached hydrogen (secondary N) is 1. The van der Waals surface area contributed by atoms with Gasteiger partial charge >= 0.3 is 0 Å². The molecule has 0 aromatic carbocycles. The summed E-state index contributed by atoms with van der Waals surface area (Å²) in [6, 6.07) is 3.99. The summed E-state index contributed by atoms with van der Waals surface area (Å²) in [6.07, 6.45) is 19.5. The minimum atomic E-state index is -0.186. The highest BCUT2D eigenvalue weighted by molar-refractivity contribution is 5.91. The number of nitrogens with zero attached hydrogens (tertiary/aromatic N) is 1. The normalized spacial score (nSPS) is 17.0. The van der Waals surface area contributed by atoms with Gasteiger partial charge in [-0.05, 0) is 49.7 Å². The van der Waals surface area contributed by atoms with Gasteiger partial charge in [0.2, 0.25) is 11.6 Å². The summed E-state index contributed by atoms with van der Waals surface area (Å²) in [7, 11) is 0. The van der Waals surface area contributed by atoms with E-state index in [-0.39, 0.29) is 17.9 Å². The molecule has 0 bridgehead atoms. The summed E-state index contributed by atoms with van der Waals surface area (Å²) in [6.45, 7) is 10.4. The van der Waals surface area contributed by atoms with E-state index in [0.29, 0.717) is 19.6 Å². The molecule has 5 nitrogen and oxygen atoms in total. The van der Waals surface area contributed by atoms with Crippen molar-refractivity contribution in [2.75, 3.05) is 19.7 Å². The molecule has 178 valence electrons. The van der Waals surface area contributed by atoms with Gasteiger partial charge in [-0.2, -0.15) is 4.57 Å². The predicted molar refractivity (Wildman–Crippen MR) is 137 cm³/mol. The van der Waals surface area contributed by atoms with E-state index in [1.165, 1.54) is 42.1 Å². The Hall–Kier alpha value is -2.76. The number of carbonyl (C=O) groups is 1. The quantitative estimate of drug-likeness (QED) is 0.285. The Kier molecular flexibility index (Phi) is 10.5. The van der Waals surface area contributed by atoms with Crippen LogP contribution in [0.2, 0.25) is 0 Å². The molecule has 0 saturated carbocycles. The number of allylic oxidation sites excluding steroid dienone is 7. The molecular weight excluding hydrogens is 410 g/mol. The molecule has 0 aliphatic heterocycles. The van der Waals surface area contributed by atoms with E-state index in [1.807, 2.05) is 35.0 Å². The van der Waals surface area contributed by atoms with Crippen LogP contribution in [0.1, 0.15) is 58.2 Å². The molecule has 0 fully saturated rings. The molecule has 0 atom stereocenters. The lowest BCUT2D eigenvalue weighted by atomic mass is 9.72. The van der Waals surface area contributed by atoms with Gasteiger partial charge in [-0.15, -0.1) is 0 Å². The molecule has 0 spiro atoms. The van der Waals surface area contributed by atoms with E-state index >= 15 is 0 Å². The molecular formula is C28H40N3O2+. The van der Waals surface area contributed by atoms with Gasteiger partial charge in [-0.1, -0.05) is 55.4 Å². The third-order valence-corrected chi connectivity index (χ3v) is 5.99. The van der Waals surface area contributed by atoms with E-state index in [1.54, 1.807) is 6.08 Å². The van der Waals surface area contributed by atoms with Gasteiger partial charge in [0.05, 0.1) is 0 Å². The smallest absolute Gasteiger partial charge is 0.244 e. The van der Waals surface area contributed by atoms with Crippen LogP contribution in [-0.2, 0) is 11.3 Å². The van der Waals surface area contributed by atoms with Gasteiger partial charge in [0.25, 0.3) is 0 Å². The fourth-order valence-electron chi connectivity index (χ4n) is 4.13. The van der Waals surface area contributed by atoms with Gasteiger partial charge in [0.1, 0.15) is 6.61 Å². The Labute approximate surface area is 199 Å². The fraction of sp³-hybridized carbons (Fsp3) is 0.429. The molecule has 1 aliphatic rings. The van der Waals surface area contributed by atoms with E-state index in [9.17, 15) is 9.90 Å². The summed E-state index contributed by atoms with van der Waals surface area (Å²) >= 11 is 0. The topological polar surface area (TPSA) is 79.2 Å². The van der Waals surface area contributed by atoms with Crippen LogP contribution in [0.25, 0.3) is 12.2 Å². The van der Waals surface area contributed by atoms with E-state index in [4.69, 9.17) is 5.73 Å². The van der Waals surface area contributed by atoms with Crippen molar-refractivity contribution in [1.82, 2.24) is 5.32 Å². The number of aliphatic hydroxyl groups is 1. The maximum Gasteiger partial charge on any atom is 0.244 e. The second kappa shape index (κ2) is 13.1. The van der Waals surface area contributed by atoms with Crippen molar-refractivity contribution in [2.45, 2.75) is 53.5 Å². The Morgan fingerprint density at radius 1 is 1.27 bits per heavy atom. The number of aliphatic hydroxyl groups excluding tert-OH is 1. The molecule has 33 heavy (non-hydrogen) atoms. The molecule has 1 aromatic rings. The first-order valence-corrected chi connectivity index (χ1v) is 11.8. The summed E-state index contributed by atoms with van der Waals surface area (Å²) in [4.78, 5) is 11.9. The third kappa shape index (κ3) is 8.60. The molecule has 2 rings (SSSR count). The molecule has 0 radical (unpaired) electrons. The Morgan fingerprint density at radius 3 is 2.76 bits per heavy atom. The zero-order valence-corrected chi connectivity index (χ0v) is 20.6. The number of amides is 1. The zero-order valence-electron chi connectivity index (χ0n) is 20.6. The second-order valence-corrected chi connectivity index (χ2v) is 9.25. The number of aromatic nitrogens is 1. The molecule has 4 N–H and O–H groups in total. The van der Waals surface area contributed by atoms with Gasteiger partial charge in [0, 0.05) is 37.4 Å². The second-order valence-electron chi connectivity index (χ2n) is 9.25. The average Bonchev–Trinajstić information content (AvgIpc) is 2.77. The van der Waals surface area contributed by atoms with Crippen molar-refractivity contribution < 1.29 is 14.5 Å². The lowest BCUT2D eigenvalue weighted by Crippen LogP contribution is -2.38. The monoisotopic (exact) mass is 450 g/mol. The molecule has 1 aromatic heterocycles. The first-order chi connectivity index (χ1) is 15.8. The van der Waals surface area contributed by atoms with Crippen LogP contribution in [0.5, 0.6) is 0 Å². The first kappa shape index (κ1) is 26.5. The van der Waals surface area contributed by atoms with Gasteiger partial charge in [-0.3, -0.25) is 4.79 Å². The summed E-state index contributed by atoms with van der Waals surface area (Å²) < 4.78 is 1.91. The largest absolute Gasteiger partial charge is 0.390 e. The van der Waals surface area contributed by atoms with Crippen molar-refractivity contribution in [3.05, 3.63) is 76.7 Å². The average molecular weight is 451 g/mol. The van der Waals surface area contributed by atoms with Crippen LogP contribution < -0.4 is 15.6 Å². The standard InChI is InChI=1S/C28H39N3O2/c1-22(10-12-26-23(2)8-6-15-28(26,3)4)7-5-9-24-14-18-31(19-20-32)25(21-24)11-13-27(33)30-17-16-29/h5,7,9-14,18,21,32H,6,8,15-17,19-20,29H2,1-4H3/p+1/b9-5+,12-10+,13-11+,22-7+. The number of rotatable bonds is 10. The third-order valence-electron chi connectivity index (χ3n) is 5.99. The lowest BCUT2D eigenvalue weighted by molar-refractivity contribution is -0.699. The number of nitrogens with two attached hydrogens (primary N) is 1. The van der Waals surface area contributed by atoms with Crippen molar-refractivity contribution in [3.8, 4) is 0 Å². The van der Waals surface area contributed by atoms with Crippen LogP contribution in [0.3, 0.4) is 0 Å². The molecule has 5 heteroatoms. The summed E-state index contributed by atoms with van der Waals surface area (Å²) in [5.41, 5.74) is 11.7. The lowest BCUT2D eigenvalue weighted by Gasteiger charge is -2.32.